The Morgan fingerprint density at radius 3 is 2.57 bits per heavy atom. The number of aliphatic hydroxyl groups excluding tert-OH is 2. The summed E-state index contributed by atoms with van der Waals surface area (Å²) in [5, 5.41) is 18.6. The molecule has 1 aromatic carbocycles. The number of amides is 1. The number of carbonyl (C=O) groups excluding carboxylic acids is 1. The van der Waals surface area contributed by atoms with Crippen molar-refractivity contribution in [1.29, 1.82) is 0 Å². The van der Waals surface area contributed by atoms with Gasteiger partial charge in [0.2, 0.25) is 0 Å². The molecule has 0 bridgehead atoms. The van der Waals surface area contributed by atoms with E-state index in [4.69, 9.17) is 22.4 Å². The van der Waals surface area contributed by atoms with Crippen LogP contribution in [0.1, 0.15) is 10.4 Å². The molecule has 0 aliphatic heterocycles. The maximum atomic E-state index is 12.2. The average molecular weight is 336 g/mol. The van der Waals surface area contributed by atoms with Crippen molar-refractivity contribution >= 4 is 23.3 Å². The Morgan fingerprint density at radius 2 is 2.00 bits per heavy atom. The fraction of sp³-hybridized carbons (Fsp3) is 0.250. The number of benzene rings is 1. The lowest BCUT2D eigenvalue weighted by Crippen LogP contribution is -2.35. The van der Waals surface area contributed by atoms with Crippen LogP contribution in [0.25, 0.3) is 11.1 Å². The quantitative estimate of drug-likeness (QED) is 0.767. The van der Waals surface area contributed by atoms with Gasteiger partial charge in [-0.1, -0.05) is 23.7 Å². The van der Waals surface area contributed by atoms with Gasteiger partial charge in [0.25, 0.3) is 5.91 Å². The number of anilines is 1. The van der Waals surface area contributed by atoms with E-state index in [0.29, 0.717) is 10.6 Å². The Morgan fingerprint density at radius 1 is 1.35 bits per heavy atom. The Balaban J connectivity index is 2.15. The fourth-order valence-electron chi connectivity index (χ4n) is 2.09. The van der Waals surface area contributed by atoms with Crippen LogP contribution in [0.2, 0.25) is 5.02 Å². The van der Waals surface area contributed by atoms with Gasteiger partial charge in [-0.2, -0.15) is 0 Å². The zero-order chi connectivity index (χ0) is 17.0. The van der Waals surface area contributed by atoms with E-state index in [1.165, 1.54) is 4.90 Å². The smallest absolute Gasteiger partial charge is 0.253 e. The van der Waals surface area contributed by atoms with E-state index in [1.807, 2.05) is 0 Å². The number of nitrogens with two attached hydrogens (primary N) is 1. The third-order valence-corrected chi connectivity index (χ3v) is 3.68. The van der Waals surface area contributed by atoms with Crippen LogP contribution in [0.5, 0.6) is 0 Å². The summed E-state index contributed by atoms with van der Waals surface area (Å²) in [6, 6.07) is 8.65. The minimum atomic E-state index is -0.953. The van der Waals surface area contributed by atoms with Crippen molar-refractivity contribution in [2.24, 2.45) is 0 Å². The molecule has 0 radical (unpaired) electrons. The van der Waals surface area contributed by atoms with E-state index in [-0.39, 0.29) is 24.9 Å². The molecule has 23 heavy (non-hydrogen) atoms. The van der Waals surface area contributed by atoms with Crippen LogP contribution in [0.15, 0.2) is 36.5 Å². The number of carbonyl (C=O) groups is 1. The van der Waals surface area contributed by atoms with Crippen LogP contribution in [-0.2, 0) is 0 Å². The SMILES string of the molecule is CN(C[C@@H](O)CO)C(=O)c1ccc(-c2cnc(N)c(Cl)c2)cc1. The molecule has 1 atom stereocenters. The van der Waals surface area contributed by atoms with Gasteiger partial charge in [0, 0.05) is 30.9 Å². The summed E-state index contributed by atoms with van der Waals surface area (Å²) >= 11 is 5.96. The second-order valence-corrected chi connectivity index (χ2v) is 5.60. The first-order valence-corrected chi connectivity index (χ1v) is 7.36. The van der Waals surface area contributed by atoms with Gasteiger partial charge in [0.15, 0.2) is 0 Å². The highest BCUT2D eigenvalue weighted by atomic mass is 35.5. The summed E-state index contributed by atoms with van der Waals surface area (Å²) in [6.07, 6.45) is 0.660. The van der Waals surface area contributed by atoms with Crippen molar-refractivity contribution in [3.63, 3.8) is 0 Å². The molecule has 0 saturated heterocycles. The molecular weight excluding hydrogens is 318 g/mol. The number of likely N-dealkylation sites (N-methyl/N-ethyl adjacent to an activating group) is 1. The van der Waals surface area contributed by atoms with E-state index in [2.05, 4.69) is 4.98 Å². The van der Waals surface area contributed by atoms with Crippen molar-refractivity contribution in [1.82, 2.24) is 9.88 Å². The third-order valence-electron chi connectivity index (χ3n) is 3.38. The van der Waals surface area contributed by atoms with E-state index in [1.54, 1.807) is 43.6 Å². The topological polar surface area (TPSA) is 99.7 Å². The Bertz CT molecular complexity index is 691. The standard InChI is InChI=1S/C16H18ClN3O3/c1-20(8-13(22)9-21)16(23)11-4-2-10(3-5-11)12-6-14(17)15(18)19-7-12/h2-7,13,21-22H,8-9H2,1H3,(H2,18,19)/t13-/m1/s1. The highest BCUT2D eigenvalue weighted by Crippen LogP contribution is 2.25. The summed E-state index contributed by atoms with van der Waals surface area (Å²) in [6.45, 7) is -0.323. The molecule has 2 rings (SSSR count). The monoisotopic (exact) mass is 335 g/mol. The fourth-order valence-corrected chi connectivity index (χ4v) is 2.26. The lowest BCUT2D eigenvalue weighted by Gasteiger charge is -2.19. The van der Waals surface area contributed by atoms with Crippen LogP contribution in [0, 0.1) is 0 Å². The highest BCUT2D eigenvalue weighted by molar-refractivity contribution is 6.33. The van der Waals surface area contributed by atoms with Gasteiger partial charge in [0.1, 0.15) is 5.82 Å². The van der Waals surface area contributed by atoms with E-state index in [0.717, 1.165) is 11.1 Å². The second kappa shape index (κ2) is 7.41. The molecule has 0 aliphatic carbocycles. The van der Waals surface area contributed by atoms with Crippen molar-refractivity contribution in [3.05, 3.63) is 47.1 Å². The Kier molecular flexibility index (Phi) is 5.54. The molecule has 7 heteroatoms. The van der Waals surface area contributed by atoms with Gasteiger partial charge in [0.05, 0.1) is 17.7 Å². The first kappa shape index (κ1) is 17.2. The van der Waals surface area contributed by atoms with Crippen molar-refractivity contribution < 1.29 is 15.0 Å². The molecule has 0 saturated carbocycles. The summed E-state index contributed by atoms with van der Waals surface area (Å²) in [7, 11) is 1.57. The first-order valence-electron chi connectivity index (χ1n) is 6.98. The van der Waals surface area contributed by atoms with Gasteiger partial charge >= 0.3 is 0 Å². The highest BCUT2D eigenvalue weighted by Gasteiger charge is 2.15. The minimum Gasteiger partial charge on any atom is -0.394 e. The molecule has 2 aromatic rings. The predicted octanol–water partition coefficient (Wildman–Crippen LogP) is 1.41. The lowest BCUT2D eigenvalue weighted by molar-refractivity contribution is 0.0520. The first-order chi connectivity index (χ1) is 10.9. The summed E-state index contributed by atoms with van der Waals surface area (Å²) < 4.78 is 0. The van der Waals surface area contributed by atoms with Crippen LogP contribution in [0.3, 0.4) is 0 Å². The predicted molar refractivity (Wildman–Crippen MR) is 89.1 cm³/mol. The lowest BCUT2D eigenvalue weighted by atomic mass is 10.0. The van der Waals surface area contributed by atoms with Crippen LogP contribution in [-0.4, -0.2) is 52.3 Å². The van der Waals surface area contributed by atoms with Gasteiger partial charge < -0.3 is 20.8 Å². The molecular formula is C16H18ClN3O3. The second-order valence-electron chi connectivity index (χ2n) is 5.19. The molecule has 1 aromatic heterocycles. The minimum absolute atomic E-state index is 0.0641. The molecule has 0 unspecified atom stereocenters. The number of hydrogen-bond donors (Lipinski definition) is 3. The Hall–Kier alpha value is -2.15. The summed E-state index contributed by atoms with van der Waals surface area (Å²) in [5.74, 6) is 0.0313. The molecule has 6 nitrogen and oxygen atoms in total. The number of nitrogens with zero attached hydrogens (tertiary/aromatic N) is 2. The molecule has 4 N–H and O–H groups in total. The van der Waals surface area contributed by atoms with Gasteiger partial charge in [-0.25, -0.2) is 4.98 Å². The number of nitrogen functional groups attached to an aromatic ring is 1. The number of pyridine rings is 1. The Labute approximate surface area is 139 Å². The van der Waals surface area contributed by atoms with Gasteiger partial charge in [-0.3, -0.25) is 4.79 Å². The van der Waals surface area contributed by atoms with Crippen LogP contribution < -0.4 is 5.73 Å². The molecule has 0 aliphatic rings. The van der Waals surface area contributed by atoms with Gasteiger partial charge in [-0.05, 0) is 23.8 Å². The molecule has 0 spiro atoms. The van der Waals surface area contributed by atoms with Crippen LogP contribution in [0.4, 0.5) is 5.82 Å². The van der Waals surface area contributed by atoms with Gasteiger partial charge in [-0.15, -0.1) is 0 Å². The number of rotatable bonds is 5. The molecule has 1 heterocycles. The van der Waals surface area contributed by atoms with E-state index < -0.39 is 6.10 Å². The number of hydrogen-bond acceptors (Lipinski definition) is 5. The molecule has 0 fully saturated rings. The van der Waals surface area contributed by atoms with Crippen molar-refractivity contribution in [3.8, 4) is 11.1 Å². The van der Waals surface area contributed by atoms with Crippen molar-refractivity contribution in [2.45, 2.75) is 6.10 Å². The maximum absolute atomic E-state index is 12.2. The third kappa shape index (κ3) is 4.19. The van der Waals surface area contributed by atoms with E-state index >= 15 is 0 Å². The number of aromatic nitrogens is 1. The van der Waals surface area contributed by atoms with Crippen molar-refractivity contribution in [2.75, 3.05) is 25.9 Å². The average Bonchev–Trinajstić information content (AvgIpc) is 2.56. The summed E-state index contributed by atoms with van der Waals surface area (Å²) in [5.41, 5.74) is 7.72. The molecule has 1 amide bonds. The van der Waals surface area contributed by atoms with Crippen LogP contribution >= 0.6 is 11.6 Å². The summed E-state index contributed by atoms with van der Waals surface area (Å²) in [4.78, 5) is 17.6. The zero-order valence-corrected chi connectivity index (χ0v) is 13.4. The maximum Gasteiger partial charge on any atom is 0.253 e. The molecule has 122 valence electrons. The number of aliphatic hydroxyl groups is 2. The zero-order valence-electron chi connectivity index (χ0n) is 12.6. The van der Waals surface area contributed by atoms with E-state index in [9.17, 15) is 9.90 Å². The normalized spacial score (nSPS) is 12.0. The number of halogens is 1. The largest absolute Gasteiger partial charge is 0.394 e.